The monoisotopic (exact) mass is 293 g/mol. The SMILES string of the molecule is N#Cc1ccc(-c2ccccc2)nc1NC1CCC(O)CC1. The molecule has 1 aromatic carbocycles. The Morgan fingerprint density at radius 1 is 1.05 bits per heavy atom. The molecule has 2 aromatic rings. The van der Waals surface area contributed by atoms with Gasteiger partial charge in [0.1, 0.15) is 11.9 Å². The number of hydrogen-bond acceptors (Lipinski definition) is 4. The lowest BCUT2D eigenvalue weighted by atomic mass is 9.93. The molecule has 1 aliphatic carbocycles. The van der Waals surface area contributed by atoms with E-state index in [-0.39, 0.29) is 12.1 Å². The predicted molar refractivity (Wildman–Crippen MR) is 86.3 cm³/mol. The van der Waals surface area contributed by atoms with Crippen molar-refractivity contribution in [1.82, 2.24) is 4.98 Å². The molecule has 0 aliphatic heterocycles. The lowest BCUT2D eigenvalue weighted by molar-refractivity contribution is 0.126. The second-order valence-corrected chi connectivity index (χ2v) is 5.72. The molecular formula is C18H19N3O. The number of nitrogens with one attached hydrogen (secondary N) is 1. The number of aliphatic hydroxyl groups excluding tert-OH is 1. The van der Waals surface area contributed by atoms with Crippen LogP contribution in [-0.2, 0) is 0 Å². The van der Waals surface area contributed by atoms with Gasteiger partial charge in [0.15, 0.2) is 0 Å². The number of aromatic nitrogens is 1. The van der Waals surface area contributed by atoms with Gasteiger partial charge < -0.3 is 10.4 Å². The van der Waals surface area contributed by atoms with Crippen molar-refractivity contribution in [2.24, 2.45) is 0 Å². The van der Waals surface area contributed by atoms with Crippen molar-refractivity contribution < 1.29 is 5.11 Å². The Labute approximate surface area is 130 Å². The Hall–Kier alpha value is -2.38. The molecule has 0 saturated heterocycles. The van der Waals surface area contributed by atoms with Gasteiger partial charge in [-0.25, -0.2) is 4.98 Å². The highest BCUT2D eigenvalue weighted by atomic mass is 16.3. The van der Waals surface area contributed by atoms with Gasteiger partial charge in [0, 0.05) is 11.6 Å². The number of nitrogens with zero attached hydrogens (tertiary/aromatic N) is 2. The molecule has 0 bridgehead atoms. The molecule has 22 heavy (non-hydrogen) atoms. The zero-order valence-electron chi connectivity index (χ0n) is 12.4. The molecule has 4 nitrogen and oxygen atoms in total. The summed E-state index contributed by atoms with van der Waals surface area (Å²) in [7, 11) is 0. The molecule has 1 saturated carbocycles. The topological polar surface area (TPSA) is 68.9 Å². The molecule has 3 rings (SSSR count). The van der Waals surface area contributed by atoms with E-state index in [0.29, 0.717) is 11.4 Å². The van der Waals surface area contributed by atoms with Crippen LogP contribution in [-0.4, -0.2) is 22.2 Å². The van der Waals surface area contributed by atoms with Crippen molar-refractivity contribution in [2.45, 2.75) is 37.8 Å². The maximum atomic E-state index is 9.59. The molecule has 0 radical (unpaired) electrons. The number of anilines is 1. The summed E-state index contributed by atoms with van der Waals surface area (Å²) in [6.45, 7) is 0. The van der Waals surface area contributed by atoms with E-state index in [1.54, 1.807) is 0 Å². The van der Waals surface area contributed by atoms with Gasteiger partial charge in [0.2, 0.25) is 0 Å². The second kappa shape index (κ2) is 6.59. The molecule has 0 amide bonds. The minimum absolute atomic E-state index is 0.183. The van der Waals surface area contributed by atoms with Crippen molar-refractivity contribution >= 4 is 5.82 Å². The molecule has 0 spiro atoms. The molecule has 1 aromatic heterocycles. The van der Waals surface area contributed by atoms with Gasteiger partial charge in [0.05, 0.1) is 17.4 Å². The fourth-order valence-corrected chi connectivity index (χ4v) is 2.84. The number of rotatable bonds is 3. The van der Waals surface area contributed by atoms with Crippen molar-refractivity contribution in [3.63, 3.8) is 0 Å². The first-order valence-corrected chi connectivity index (χ1v) is 7.67. The van der Waals surface area contributed by atoms with E-state index in [9.17, 15) is 10.4 Å². The van der Waals surface area contributed by atoms with Crippen LogP contribution in [0.3, 0.4) is 0 Å². The highest BCUT2D eigenvalue weighted by molar-refractivity contribution is 5.64. The van der Waals surface area contributed by atoms with Gasteiger partial charge in [-0.3, -0.25) is 0 Å². The summed E-state index contributed by atoms with van der Waals surface area (Å²) in [4.78, 5) is 4.63. The first kappa shape index (κ1) is 14.6. The number of aliphatic hydroxyl groups is 1. The molecule has 0 atom stereocenters. The first-order chi connectivity index (χ1) is 10.8. The maximum absolute atomic E-state index is 9.59. The first-order valence-electron chi connectivity index (χ1n) is 7.67. The van der Waals surface area contributed by atoms with E-state index in [1.165, 1.54) is 0 Å². The summed E-state index contributed by atoms with van der Waals surface area (Å²) in [5.74, 6) is 0.644. The lowest BCUT2D eigenvalue weighted by Crippen LogP contribution is -2.28. The smallest absolute Gasteiger partial charge is 0.144 e. The standard InChI is InChI=1S/C18H19N3O/c19-12-14-6-11-17(13-4-2-1-3-5-13)21-18(14)20-15-7-9-16(22)10-8-15/h1-6,11,15-16,22H,7-10H2,(H,20,21). The Morgan fingerprint density at radius 3 is 2.45 bits per heavy atom. The maximum Gasteiger partial charge on any atom is 0.144 e. The summed E-state index contributed by atoms with van der Waals surface area (Å²) in [6, 6.07) is 16.1. The molecular weight excluding hydrogens is 274 g/mol. The molecule has 1 fully saturated rings. The van der Waals surface area contributed by atoms with Gasteiger partial charge >= 0.3 is 0 Å². The van der Waals surface area contributed by atoms with Crippen molar-refractivity contribution in [3.8, 4) is 17.3 Å². The van der Waals surface area contributed by atoms with Gasteiger partial charge in [-0.15, -0.1) is 0 Å². The Morgan fingerprint density at radius 2 is 1.77 bits per heavy atom. The molecule has 4 heteroatoms. The third kappa shape index (κ3) is 3.26. The van der Waals surface area contributed by atoms with Gasteiger partial charge in [0.25, 0.3) is 0 Å². The van der Waals surface area contributed by atoms with Crippen LogP contribution in [0.25, 0.3) is 11.3 Å². The second-order valence-electron chi connectivity index (χ2n) is 5.72. The zero-order valence-corrected chi connectivity index (χ0v) is 12.4. The Balaban J connectivity index is 1.84. The minimum Gasteiger partial charge on any atom is -0.393 e. The zero-order chi connectivity index (χ0) is 15.4. The molecule has 2 N–H and O–H groups in total. The Kier molecular flexibility index (Phi) is 4.36. The fraction of sp³-hybridized carbons (Fsp3) is 0.333. The van der Waals surface area contributed by atoms with Crippen molar-refractivity contribution in [3.05, 3.63) is 48.0 Å². The van der Waals surface area contributed by atoms with Crippen molar-refractivity contribution in [2.75, 3.05) is 5.32 Å². The highest BCUT2D eigenvalue weighted by Gasteiger charge is 2.20. The van der Waals surface area contributed by atoms with Gasteiger partial charge in [-0.1, -0.05) is 30.3 Å². The third-order valence-electron chi connectivity index (χ3n) is 4.12. The average Bonchev–Trinajstić information content (AvgIpc) is 2.58. The minimum atomic E-state index is -0.183. The normalized spacial score (nSPS) is 21.1. The average molecular weight is 293 g/mol. The molecule has 0 unspecified atom stereocenters. The van der Waals surface area contributed by atoms with Crippen LogP contribution in [0.15, 0.2) is 42.5 Å². The van der Waals surface area contributed by atoms with Gasteiger partial charge in [-0.2, -0.15) is 5.26 Å². The predicted octanol–water partition coefficient (Wildman–Crippen LogP) is 3.34. The summed E-state index contributed by atoms with van der Waals surface area (Å²) >= 11 is 0. The summed E-state index contributed by atoms with van der Waals surface area (Å²) in [6.07, 6.45) is 3.24. The number of nitriles is 1. The summed E-state index contributed by atoms with van der Waals surface area (Å²) in [5.41, 5.74) is 2.46. The van der Waals surface area contributed by atoms with Crippen LogP contribution < -0.4 is 5.32 Å². The van der Waals surface area contributed by atoms with Crippen LogP contribution in [0.5, 0.6) is 0 Å². The fourth-order valence-electron chi connectivity index (χ4n) is 2.84. The van der Waals surface area contributed by atoms with E-state index in [4.69, 9.17) is 0 Å². The van der Waals surface area contributed by atoms with Crippen LogP contribution in [0, 0.1) is 11.3 Å². The van der Waals surface area contributed by atoms with Crippen LogP contribution >= 0.6 is 0 Å². The van der Waals surface area contributed by atoms with Crippen LogP contribution in [0.2, 0.25) is 0 Å². The molecule has 1 heterocycles. The lowest BCUT2D eigenvalue weighted by Gasteiger charge is -2.27. The van der Waals surface area contributed by atoms with E-state index in [2.05, 4.69) is 16.4 Å². The number of pyridine rings is 1. The van der Waals surface area contributed by atoms with E-state index in [1.807, 2.05) is 42.5 Å². The third-order valence-corrected chi connectivity index (χ3v) is 4.12. The molecule has 112 valence electrons. The van der Waals surface area contributed by atoms with E-state index < -0.39 is 0 Å². The largest absolute Gasteiger partial charge is 0.393 e. The summed E-state index contributed by atoms with van der Waals surface area (Å²) in [5, 5.41) is 22.3. The number of benzene rings is 1. The van der Waals surface area contributed by atoms with Crippen molar-refractivity contribution in [1.29, 1.82) is 5.26 Å². The van der Waals surface area contributed by atoms with Crippen LogP contribution in [0.4, 0.5) is 5.82 Å². The highest BCUT2D eigenvalue weighted by Crippen LogP contribution is 2.25. The Bertz CT molecular complexity index is 670. The quantitative estimate of drug-likeness (QED) is 0.910. The molecule has 1 aliphatic rings. The number of hydrogen-bond donors (Lipinski definition) is 2. The van der Waals surface area contributed by atoms with E-state index in [0.717, 1.165) is 36.9 Å². The van der Waals surface area contributed by atoms with Crippen LogP contribution in [0.1, 0.15) is 31.2 Å². The summed E-state index contributed by atoms with van der Waals surface area (Å²) < 4.78 is 0. The van der Waals surface area contributed by atoms with Gasteiger partial charge in [-0.05, 0) is 37.8 Å². The van der Waals surface area contributed by atoms with E-state index >= 15 is 0 Å².